The van der Waals surface area contributed by atoms with Gasteiger partial charge in [-0.05, 0) is 63.8 Å². The summed E-state index contributed by atoms with van der Waals surface area (Å²) in [5.74, 6) is 3.00. The third-order valence-electron chi connectivity index (χ3n) is 6.22. The zero-order valence-electron chi connectivity index (χ0n) is 12.6. The summed E-state index contributed by atoms with van der Waals surface area (Å²) in [6, 6.07) is 0. The van der Waals surface area contributed by atoms with Gasteiger partial charge >= 0.3 is 0 Å². The summed E-state index contributed by atoms with van der Waals surface area (Å²) in [7, 11) is 2.30. The lowest BCUT2D eigenvalue weighted by molar-refractivity contribution is -0.0611. The van der Waals surface area contributed by atoms with Crippen molar-refractivity contribution in [2.24, 2.45) is 23.5 Å². The number of likely N-dealkylation sites (N-methyl/N-ethyl adjacent to an activating group) is 1. The molecule has 2 N–H and O–H groups in total. The van der Waals surface area contributed by atoms with Crippen LogP contribution in [0.4, 0.5) is 0 Å². The Labute approximate surface area is 117 Å². The highest BCUT2D eigenvalue weighted by atomic mass is 16.5. The molecule has 5 atom stereocenters. The molecular weight excluding hydrogens is 236 g/mol. The van der Waals surface area contributed by atoms with Crippen LogP contribution in [0.5, 0.6) is 0 Å². The fourth-order valence-corrected chi connectivity index (χ4v) is 4.98. The Morgan fingerprint density at radius 1 is 1.32 bits per heavy atom. The average Bonchev–Trinajstić information content (AvgIpc) is 3.00. The van der Waals surface area contributed by atoms with Crippen LogP contribution in [-0.4, -0.2) is 43.3 Å². The first-order valence-electron chi connectivity index (χ1n) is 8.16. The first kappa shape index (κ1) is 13.8. The number of fused-ring (bicyclic) bond motifs is 2. The standard InChI is InChI=1S/C16H30N2O/c1-12-9-16(11-17,5-6-19-12)18(2)10-15-8-13-3-4-14(15)7-13/h12-15H,3-11,17H2,1-2H3. The van der Waals surface area contributed by atoms with E-state index in [1.807, 2.05) is 0 Å². The zero-order chi connectivity index (χ0) is 13.5. The largest absolute Gasteiger partial charge is 0.378 e. The lowest BCUT2D eigenvalue weighted by atomic mass is 9.82. The molecule has 3 heteroatoms. The molecule has 0 spiro atoms. The summed E-state index contributed by atoms with van der Waals surface area (Å²) in [4.78, 5) is 2.59. The van der Waals surface area contributed by atoms with Crippen molar-refractivity contribution in [3.8, 4) is 0 Å². The van der Waals surface area contributed by atoms with Crippen LogP contribution in [0.25, 0.3) is 0 Å². The van der Waals surface area contributed by atoms with Crippen LogP contribution in [0.15, 0.2) is 0 Å². The molecule has 2 bridgehead atoms. The van der Waals surface area contributed by atoms with Gasteiger partial charge in [-0.25, -0.2) is 0 Å². The predicted octanol–water partition coefficient (Wildman–Crippen LogP) is 2.25. The number of nitrogens with two attached hydrogens (primary N) is 1. The van der Waals surface area contributed by atoms with E-state index in [1.54, 1.807) is 0 Å². The lowest BCUT2D eigenvalue weighted by Crippen LogP contribution is -2.58. The molecule has 3 aliphatic rings. The topological polar surface area (TPSA) is 38.5 Å². The molecule has 3 rings (SSSR count). The molecule has 0 radical (unpaired) electrons. The van der Waals surface area contributed by atoms with Gasteiger partial charge in [0, 0.05) is 25.2 Å². The zero-order valence-corrected chi connectivity index (χ0v) is 12.6. The molecular formula is C16H30N2O. The molecule has 3 fully saturated rings. The van der Waals surface area contributed by atoms with Gasteiger partial charge < -0.3 is 10.5 Å². The molecule has 110 valence electrons. The smallest absolute Gasteiger partial charge is 0.0565 e. The Bertz CT molecular complexity index is 322. The van der Waals surface area contributed by atoms with Crippen LogP contribution in [-0.2, 0) is 4.74 Å². The molecule has 0 amide bonds. The van der Waals surface area contributed by atoms with E-state index in [1.165, 1.54) is 32.2 Å². The summed E-state index contributed by atoms with van der Waals surface area (Å²) in [6.45, 7) is 5.09. The van der Waals surface area contributed by atoms with Gasteiger partial charge in [-0.3, -0.25) is 4.90 Å². The van der Waals surface area contributed by atoms with Crippen molar-refractivity contribution < 1.29 is 4.74 Å². The summed E-state index contributed by atoms with van der Waals surface area (Å²) in [5.41, 5.74) is 6.35. The van der Waals surface area contributed by atoms with Gasteiger partial charge in [0.25, 0.3) is 0 Å². The van der Waals surface area contributed by atoms with E-state index in [2.05, 4.69) is 18.9 Å². The molecule has 5 unspecified atom stereocenters. The first-order valence-corrected chi connectivity index (χ1v) is 8.16. The number of nitrogens with zero attached hydrogens (tertiary/aromatic N) is 1. The highest BCUT2D eigenvalue weighted by Gasteiger charge is 2.43. The van der Waals surface area contributed by atoms with Crippen LogP contribution in [0.2, 0.25) is 0 Å². The quantitative estimate of drug-likeness (QED) is 0.848. The van der Waals surface area contributed by atoms with E-state index < -0.39 is 0 Å². The van der Waals surface area contributed by atoms with Crippen molar-refractivity contribution in [2.75, 3.05) is 26.7 Å². The molecule has 2 saturated carbocycles. The minimum atomic E-state index is 0.194. The van der Waals surface area contributed by atoms with E-state index in [9.17, 15) is 0 Å². The van der Waals surface area contributed by atoms with Crippen LogP contribution in [0.3, 0.4) is 0 Å². The second-order valence-electron chi connectivity index (χ2n) is 7.38. The Kier molecular flexibility index (Phi) is 3.89. The second-order valence-corrected chi connectivity index (χ2v) is 7.38. The molecule has 1 saturated heterocycles. The Morgan fingerprint density at radius 2 is 2.16 bits per heavy atom. The van der Waals surface area contributed by atoms with E-state index >= 15 is 0 Å². The maximum Gasteiger partial charge on any atom is 0.0565 e. The van der Waals surface area contributed by atoms with Crippen molar-refractivity contribution >= 4 is 0 Å². The highest BCUT2D eigenvalue weighted by Crippen LogP contribution is 2.49. The van der Waals surface area contributed by atoms with E-state index in [-0.39, 0.29) is 5.54 Å². The van der Waals surface area contributed by atoms with Gasteiger partial charge in [0.05, 0.1) is 6.10 Å². The van der Waals surface area contributed by atoms with Gasteiger partial charge in [0.2, 0.25) is 0 Å². The Hall–Kier alpha value is -0.120. The van der Waals surface area contributed by atoms with Crippen LogP contribution >= 0.6 is 0 Å². The number of hydrogen-bond acceptors (Lipinski definition) is 3. The average molecular weight is 266 g/mol. The second kappa shape index (κ2) is 5.34. The molecule has 1 aliphatic heterocycles. The van der Waals surface area contributed by atoms with Gasteiger partial charge in [-0.1, -0.05) is 6.42 Å². The molecule has 0 aromatic heterocycles. The third-order valence-corrected chi connectivity index (χ3v) is 6.22. The van der Waals surface area contributed by atoms with Crippen LogP contribution in [0.1, 0.15) is 45.4 Å². The van der Waals surface area contributed by atoms with Crippen LogP contribution in [0, 0.1) is 17.8 Å². The molecule has 19 heavy (non-hydrogen) atoms. The fraction of sp³-hybridized carbons (Fsp3) is 1.00. The van der Waals surface area contributed by atoms with E-state index in [0.717, 1.165) is 43.7 Å². The van der Waals surface area contributed by atoms with Gasteiger partial charge in [-0.2, -0.15) is 0 Å². The van der Waals surface area contributed by atoms with Crippen molar-refractivity contribution in [3.63, 3.8) is 0 Å². The van der Waals surface area contributed by atoms with Crippen molar-refractivity contribution in [1.82, 2.24) is 4.90 Å². The maximum absolute atomic E-state index is 6.15. The van der Waals surface area contributed by atoms with Crippen molar-refractivity contribution in [3.05, 3.63) is 0 Å². The highest BCUT2D eigenvalue weighted by molar-refractivity contribution is 4.97. The minimum Gasteiger partial charge on any atom is -0.378 e. The summed E-state index contributed by atoms with van der Waals surface area (Å²) >= 11 is 0. The van der Waals surface area contributed by atoms with E-state index in [0.29, 0.717) is 6.10 Å². The number of ether oxygens (including phenoxy) is 1. The number of rotatable bonds is 4. The molecule has 0 aromatic rings. The lowest BCUT2D eigenvalue weighted by Gasteiger charge is -2.47. The van der Waals surface area contributed by atoms with Gasteiger partial charge in [0.1, 0.15) is 0 Å². The summed E-state index contributed by atoms with van der Waals surface area (Å²) < 4.78 is 5.72. The third kappa shape index (κ3) is 2.57. The Balaban J connectivity index is 1.63. The SMILES string of the molecule is CC1CC(CN)(N(C)CC2CC3CCC2C3)CCO1. The Morgan fingerprint density at radius 3 is 2.74 bits per heavy atom. The van der Waals surface area contributed by atoms with Crippen molar-refractivity contribution in [1.29, 1.82) is 0 Å². The number of hydrogen-bond donors (Lipinski definition) is 1. The maximum atomic E-state index is 6.15. The van der Waals surface area contributed by atoms with Gasteiger partial charge in [-0.15, -0.1) is 0 Å². The molecule has 2 aliphatic carbocycles. The predicted molar refractivity (Wildman–Crippen MR) is 78.0 cm³/mol. The van der Waals surface area contributed by atoms with Crippen molar-refractivity contribution in [2.45, 2.75) is 57.1 Å². The molecule has 3 nitrogen and oxygen atoms in total. The summed E-state index contributed by atoms with van der Waals surface area (Å²) in [5, 5.41) is 0. The molecule has 0 aromatic carbocycles. The van der Waals surface area contributed by atoms with Gasteiger partial charge in [0.15, 0.2) is 0 Å². The molecule has 1 heterocycles. The monoisotopic (exact) mass is 266 g/mol. The normalized spacial score (nSPS) is 46.1. The van der Waals surface area contributed by atoms with E-state index in [4.69, 9.17) is 10.5 Å². The first-order chi connectivity index (χ1) is 9.13. The minimum absolute atomic E-state index is 0.194. The summed E-state index contributed by atoms with van der Waals surface area (Å²) in [6.07, 6.45) is 8.53. The fourth-order valence-electron chi connectivity index (χ4n) is 4.98. The van der Waals surface area contributed by atoms with Crippen LogP contribution < -0.4 is 5.73 Å².